The van der Waals surface area contributed by atoms with E-state index in [9.17, 15) is 9.90 Å². The lowest BCUT2D eigenvalue weighted by Crippen LogP contribution is -2.30. The molecule has 33 heavy (non-hydrogen) atoms. The minimum Gasteiger partial charge on any atom is -0.508 e. The topological polar surface area (TPSA) is 69.9 Å². The van der Waals surface area contributed by atoms with Gasteiger partial charge in [0.1, 0.15) is 11.4 Å². The zero-order valence-corrected chi connectivity index (χ0v) is 18.4. The SMILES string of the molecule is C=CCNC(=O)c1ccc2nc(-c3ccc(O)cc3)c(CN3CCc4ccccc4C3)n2c1. The third-order valence-corrected chi connectivity index (χ3v) is 6.11. The van der Waals surface area contributed by atoms with Crippen molar-refractivity contribution in [3.8, 4) is 17.0 Å². The second kappa shape index (κ2) is 8.92. The lowest BCUT2D eigenvalue weighted by atomic mass is 9.99. The van der Waals surface area contributed by atoms with Crippen LogP contribution in [-0.4, -0.2) is 38.4 Å². The maximum atomic E-state index is 12.6. The third-order valence-electron chi connectivity index (χ3n) is 6.11. The second-order valence-electron chi connectivity index (χ2n) is 8.33. The fourth-order valence-corrected chi connectivity index (χ4v) is 4.40. The molecule has 5 rings (SSSR count). The monoisotopic (exact) mass is 438 g/mol. The molecule has 0 saturated heterocycles. The zero-order chi connectivity index (χ0) is 22.8. The van der Waals surface area contributed by atoms with Gasteiger partial charge in [0.05, 0.1) is 17.0 Å². The van der Waals surface area contributed by atoms with Crippen molar-refractivity contribution in [3.05, 3.63) is 102 Å². The maximum Gasteiger partial charge on any atom is 0.253 e. The van der Waals surface area contributed by atoms with Crippen LogP contribution in [0.25, 0.3) is 16.9 Å². The van der Waals surface area contributed by atoms with E-state index >= 15 is 0 Å². The summed E-state index contributed by atoms with van der Waals surface area (Å²) >= 11 is 0. The zero-order valence-electron chi connectivity index (χ0n) is 18.4. The normalized spacial score (nSPS) is 13.6. The number of imidazole rings is 1. The number of nitrogens with one attached hydrogen (secondary N) is 1. The molecular formula is C27H26N4O2. The van der Waals surface area contributed by atoms with Gasteiger partial charge in [-0.3, -0.25) is 9.69 Å². The molecule has 0 aliphatic carbocycles. The van der Waals surface area contributed by atoms with Gasteiger partial charge in [0.15, 0.2) is 0 Å². The Morgan fingerprint density at radius 1 is 1.09 bits per heavy atom. The molecule has 0 unspecified atom stereocenters. The number of amides is 1. The fraction of sp³-hybridized carbons (Fsp3) is 0.185. The van der Waals surface area contributed by atoms with E-state index in [4.69, 9.17) is 4.98 Å². The van der Waals surface area contributed by atoms with Crippen molar-refractivity contribution in [3.63, 3.8) is 0 Å². The van der Waals surface area contributed by atoms with E-state index < -0.39 is 0 Å². The molecule has 0 bridgehead atoms. The largest absolute Gasteiger partial charge is 0.508 e. The number of rotatable bonds is 6. The molecule has 3 heterocycles. The van der Waals surface area contributed by atoms with Gasteiger partial charge in [-0.15, -0.1) is 6.58 Å². The molecule has 1 aliphatic heterocycles. The lowest BCUT2D eigenvalue weighted by Gasteiger charge is -2.28. The summed E-state index contributed by atoms with van der Waals surface area (Å²) in [6.07, 6.45) is 4.53. The Kier molecular flexibility index (Phi) is 5.67. The Morgan fingerprint density at radius 2 is 1.88 bits per heavy atom. The Hall–Kier alpha value is -3.90. The highest BCUT2D eigenvalue weighted by Gasteiger charge is 2.21. The number of hydrogen-bond donors (Lipinski definition) is 2. The number of hydrogen-bond acceptors (Lipinski definition) is 4. The fourth-order valence-electron chi connectivity index (χ4n) is 4.40. The van der Waals surface area contributed by atoms with E-state index in [1.807, 2.05) is 28.8 Å². The predicted octanol–water partition coefficient (Wildman–Crippen LogP) is 4.18. The van der Waals surface area contributed by atoms with Gasteiger partial charge in [0.25, 0.3) is 5.91 Å². The Balaban J connectivity index is 1.55. The summed E-state index contributed by atoms with van der Waals surface area (Å²) in [7, 11) is 0. The van der Waals surface area contributed by atoms with Gasteiger partial charge >= 0.3 is 0 Å². The van der Waals surface area contributed by atoms with E-state index in [2.05, 4.69) is 41.1 Å². The van der Waals surface area contributed by atoms with Crippen LogP contribution in [0.5, 0.6) is 5.75 Å². The van der Waals surface area contributed by atoms with Gasteiger partial charge in [-0.1, -0.05) is 30.3 Å². The van der Waals surface area contributed by atoms with Crippen LogP contribution in [0.15, 0.2) is 79.5 Å². The summed E-state index contributed by atoms with van der Waals surface area (Å²) in [4.78, 5) is 19.9. The lowest BCUT2D eigenvalue weighted by molar-refractivity contribution is 0.0957. The number of aromatic nitrogens is 2. The van der Waals surface area contributed by atoms with Crippen LogP contribution in [0.3, 0.4) is 0 Å². The van der Waals surface area contributed by atoms with Crippen molar-refractivity contribution in [1.82, 2.24) is 19.6 Å². The smallest absolute Gasteiger partial charge is 0.253 e. The van der Waals surface area contributed by atoms with Crippen LogP contribution in [0.1, 0.15) is 27.2 Å². The van der Waals surface area contributed by atoms with E-state index in [1.165, 1.54) is 11.1 Å². The molecule has 4 aromatic rings. The number of pyridine rings is 1. The Labute approximate surface area is 192 Å². The van der Waals surface area contributed by atoms with Gasteiger partial charge in [-0.2, -0.15) is 0 Å². The summed E-state index contributed by atoms with van der Waals surface area (Å²) < 4.78 is 2.02. The van der Waals surface area contributed by atoms with Crippen molar-refractivity contribution in [2.75, 3.05) is 13.1 Å². The van der Waals surface area contributed by atoms with Gasteiger partial charge in [-0.25, -0.2) is 4.98 Å². The first kappa shape index (κ1) is 21.0. The molecule has 0 spiro atoms. The number of nitrogens with zero attached hydrogens (tertiary/aromatic N) is 3. The summed E-state index contributed by atoms with van der Waals surface area (Å²) in [5.74, 6) is 0.0763. The van der Waals surface area contributed by atoms with Crippen LogP contribution >= 0.6 is 0 Å². The van der Waals surface area contributed by atoms with Crippen molar-refractivity contribution < 1.29 is 9.90 Å². The highest BCUT2D eigenvalue weighted by atomic mass is 16.3. The molecule has 1 amide bonds. The van der Waals surface area contributed by atoms with Gasteiger partial charge in [0.2, 0.25) is 0 Å². The first-order chi connectivity index (χ1) is 16.1. The Bertz CT molecular complexity index is 1320. The number of fused-ring (bicyclic) bond motifs is 2. The molecule has 0 atom stereocenters. The first-order valence-electron chi connectivity index (χ1n) is 11.1. The molecular weight excluding hydrogens is 412 g/mol. The first-order valence-corrected chi connectivity index (χ1v) is 11.1. The highest BCUT2D eigenvalue weighted by molar-refractivity contribution is 5.94. The minimum absolute atomic E-state index is 0.144. The van der Waals surface area contributed by atoms with E-state index in [1.54, 1.807) is 24.3 Å². The number of aromatic hydroxyl groups is 1. The van der Waals surface area contributed by atoms with Crippen LogP contribution in [0, 0.1) is 0 Å². The highest BCUT2D eigenvalue weighted by Crippen LogP contribution is 2.29. The molecule has 0 fully saturated rings. The molecule has 166 valence electrons. The predicted molar refractivity (Wildman–Crippen MR) is 129 cm³/mol. The molecule has 6 heteroatoms. The van der Waals surface area contributed by atoms with Gasteiger partial charge in [-0.05, 0) is 53.9 Å². The summed E-state index contributed by atoms with van der Waals surface area (Å²) in [6, 6.07) is 19.4. The van der Waals surface area contributed by atoms with Gasteiger partial charge in [0, 0.05) is 37.9 Å². The number of phenolic OH excluding ortho intramolecular Hbond substituents is 1. The van der Waals surface area contributed by atoms with Crippen LogP contribution in [0.4, 0.5) is 0 Å². The summed E-state index contributed by atoms with van der Waals surface area (Å²) in [6.45, 7) is 6.61. The number of carbonyl (C=O) groups excluding carboxylic acids is 1. The van der Waals surface area contributed by atoms with E-state index in [0.29, 0.717) is 18.7 Å². The Morgan fingerprint density at radius 3 is 2.67 bits per heavy atom. The van der Waals surface area contributed by atoms with Crippen molar-refractivity contribution in [2.24, 2.45) is 0 Å². The van der Waals surface area contributed by atoms with Crippen molar-refractivity contribution in [1.29, 1.82) is 0 Å². The third kappa shape index (κ3) is 4.25. The second-order valence-corrected chi connectivity index (χ2v) is 8.33. The maximum absolute atomic E-state index is 12.6. The van der Waals surface area contributed by atoms with Crippen molar-refractivity contribution >= 4 is 11.6 Å². The molecule has 0 saturated carbocycles. The standard InChI is InChI=1S/C27H26N4O2/c1-2-14-28-27(33)22-9-12-25-29-26(20-7-10-23(32)11-8-20)24(31(25)17-22)18-30-15-13-19-5-3-4-6-21(19)16-30/h2-12,17,32H,1,13-16,18H2,(H,28,33). The summed E-state index contributed by atoms with van der Waals surface area (Å²) in [5, 5.41) is 12.6. The average Bonchev–Trinajstić information content (AvgIpc) is 3.20. The van der Waals surface area contributed by atoms with E-state index in [-0.39, 0.29) is 11.7 Å². The van der Waals surface area contributed by atoms with E-state index in [0.717, 1.165) is 42.1 Å². The molecule has 2 aromatic heterocycles. The average molecular weight is 439 g/mol. The molecule has 2 aromatic carbocycles. The molecule has 2 N–H and O–H groups in total. The van der Waals surface area contributed by atoms with Crippen LogP contribution in [0.2, 0.25) is 0 Å². The van der Waals surface area contributed by atoms with Crippen LogP contribution < -0.4 is 5.32 Å². The molecule has 6 nitrogen and oxygen atoms in total. The molecule has 1 aliphatic rings. The van der Waals surface area contributed by atoms with Crippen molar-refractivity contribution in [2.45, 2.75) is 19.5 Å². The number of benzene rings is 2. The summed E-state index contributed by atoms with van der Waals surface area (Å²) in [5.41, 5.74) is 6.93. The molecule has 0 radical (unpaired) electrons. The number of phenols is 1. The number of carbonyl (C=O) groups is 1. The van der Waals surface area contributed by atoms with Crippen LogP contribution in [-0.2, 0) is 19.5 Å². The quantitative estimate of drug-likeness (QED) is 0.443. The van der Waals surface area contributed by atoms with Gasteiger partial charge < -0.3 is 14.8 Å². The minimum atomic E-state index is -0.144.